The van der Waals surface area contributed by atoms with Gasteiger partial charge in [0.2, 0.25) is 0 Å². The second kappa shape index (κ2) is 9.25. The summed E-state index contributed by atoms with van der Waals surface area (Å²) in [5.74, 6) is 0.419. The highest BCUT2D eigenvalue weighted by molar-refractivity contribution is 6.31. The van der Waals surface area contributed by atoms with E-state index in [1.807, 2.05) is 6.92 Å². The zero-order valence-electron chi connectivity index (χ0n) is 14.5. The summed E-state index contributed by atoms with van der Waals surface area (Å²) in [5.41, 5.74) is 0.469. The number of rotatable bonds is 8. The van der Waals surface area contributed by atoms with Crippen LogP contribution in [-0.4, -0.2) is 45.9 Å². The molecule has 1 aromatic rings. The van der Waals surface area contributed by atoms with Gasteiger partial charge in [0.05, 0.1) is 18.8 Å². The maximum atomic E-state index is 12.7. The molecule has 6 heteroatoms. The first-order valence-corrected chi connectivity index (χ1v) is 8.88. The standard InChI is InChI=1S/C18H27ClN2O3/c1-3-10-24-16-5-4-14(19)11-15(16)17(22)21-12-18(13-23-2)6-8-20-9-7-18/h4-5,11,20H,3,6-10,12-13H2,1-2H3,(H,21,22). The quantitative estimate of drug-likeness (QED) is 0.753. The van der Waals surface area contributed by atoms with E-state index in [4.69, 9.17) is 21.1 Å². The van der Waals surface area contributed by atoms with Crippen LogP contribution < -0.4 is 15.4 Å². The average Bonchev–Trinajstić information content (AvgIpc) is 2.60. The van der Waals surface area contributed by atoms with Crippen molar-refractivity contribution in [2.45, 2.75) is 26.2 Å². The van der Waals surface area contributed by atoms with Gasteiger partial charge in [-0.2, -0.15) is 0 Å². The predicted molar refractivity (Wildman–Crippen MR) is 96.0 cm³/mol. The van der Waals surface area contributed by atoms with Gasteiger partial charge in [-0.05, 0) is 50.6 Å². The van der Waals surface area contributed by atoms with Crippen LogP contribution in [0.5, 0.6) is 5.75 Å². The lowest BCUT2D eigenvalue weighted by Gasteiger charge is -2.37. The summed E-state index contributed by atoms with van der Waals surface area (Å²) in [5, 5.41) is 6.93. The summed E-state index contributed by atoms with van der Waals surface area (Å²) in [7, 11) is 1.71. The van der Waals surface area contributed by atoms with Gasteiger partial charge in [-0.25, -0.2) is 0 Å². The molecule has 1 aliphatic heterocycles. The number of carbonyl (C=O) groups is 1. The number of benzene rings is 1. The molecule has 24 heavy (non-hydrogen) atoms. The minimum Gasteiger partial charge on any atom is -0.493 e. The number of halogens is 1. The van der Waals surface area contributed by atoms with Gasteiger partial charge in [-0.3, -0.25) is 4.79 Å². The highest BCUT2D eigenvalue weighted by Gasteiger charge is 2.32. The molecule has 0 aromatic heterocycles. The molecule has 5 nitrogen and oxygen atoms in total. The van der Waals surface area contributed by atoms with Crippen LogP contribution in [0.1, 0.15) is 36.5 Å². The van der Waals surface area contributed by atoms with Crippen molar-refractivity contribution in [3.8, 4) is 5.75 Å². The molecule has 1 heterocycles. The number of carbonyl (C=O) groups excluding carboxylic acids is 1. The molecule has 0 saturated carbocycles. The fourth-order valence-corrected chi connectivity index (χ4v) is 3.19. The highest BCUT2D eigenvalue weighted by atomic mass is 35.5. The van der Waals surface area contributed by atoms with E-state index in [-0.39, 0.29) is 11.3 Å². The summed E-state index contributed by atoms with van der Waals surface area (Å²) in [6, 6.07) is 5.15. The molecule has 2 rings (SSSR count). The maximum absolute atomic E-state index is 12.7. The largest absolute Gasteiger partial charge is 0.493 e. The van der Waals surface area contributed by atoms with Crippen molar-refractivity contribution in [1.29, 1.82) is 0 Å². The molecule has 1 aromatic carbocycles. The zero-order chi connectivity index (χ0) is 17.4. The maximum Gasteiger partial charge on any atom is 0.255 e. The highest BCUT2D eigenvalue weighted by Crippen LogP contribution is 2.29. The van der Waals surface area contributed by atoms with E-state index in [2.05, 4.69) is 10.6 Å². The van der Waals surface area contributed by atoms with Gasteiger partial charge in [-0.1, -0.05) is 18.5 Å². The van der Waals surface area contributed by atoms with Crippen molar-refractivity contribution in [3.05, 3.63) is 28.8 Å². The second-order valence-corrected chi connectivity index (χ2v) is 6.79. The van der Waals surface area contributed by atoms with Gasteiger partial charge in [0.25, 0.3) is 5.91 Å². The molecular formula is C18H27ClN2O3. The summed E-state index contributed by atoms with van der Waals surface area (Å²) in [6.07, 6.45) is 2.85. The van der Waals surface area contributed by atoms with Crippen molar-refractivity contribution in [2.75, 3.05) is 40.0 Å². The minimum absolute atomic E-state index is 0.0152. The number of hydrogen-bond acceptors (Lipinski definition) is 4. The molecule has 0 spiro atoms. The Labute approximate surface area is 149 Å². The average molecular weight is 355 g/mol. The number of amides is 1. The summed E-state index contributed by atoms with van der Waals surface area (Å²) >= 11 is 6.06. The summed E-state index contributed by atoms with van der Waals surface area (Å²) in [6.45, 7) is 5.72. The molecule has 1 saturated heterocycles. The van der Waals surface area contributed by atoms with Gasteiger partial charge >= 0.3 is 0 Å². The van der Waals surface area contributed by atoms with E-state index >= 15 is 0 Å². The molecule has 0 aliphatic carbocycles. The predicted octanol–water partition coefficient (Wildman–Crippen LogP) is 2.87. The first-order chi connectivity index (χ1) is 11.6. The fourth-order valence-electron chi connectivity index (χ4n) is 3.02. The van der Waals surface area contributed by atoms with Crippen LogP contribution >= 0.6 is 11.6 Å². The van der Waals surface area contributed by atoms with Gasteiger partial charge in [0, 0.05) is 24.1 Å². The zero-order valence-corrected chi connectivity index (χ0v) is 15.2. The molecule has 0 bridgehead atoms. The number of hydrogen-bond donors (Lipinski definition) is 2. The number of methoxy groups -OCH3 is 1. The van der Waals surface area contributed by atoms with Crippen molar-refractivity contribution in [3.63, 3.8) is 0 Å². The Morgan fingerprint density at radius 3 is 2.79 bits per heavy atom. The van der Waals surface area contributed by atoms with E-state index in [1.54, 1.807) is 25.3 Å². The monoisotopic (exact) mass is 354 g/mol. The lowest BCUT2D eigenvalue weighted by molar-refractivity contribution is 0.0511. The first kappa shape index (κ1) is 19.0. The molecule has 1 fully saturated rings. The molecule has 1 aliphatic rings. The normalized spacial score (nSPS) is 16.6. The van der Waals surface area contributed by atoms with Crippen LogP contribution in [0.15, 0.2) is 18.2 Å². The SMILES string of the molecule is CCCOc1ccc(Cl)cc1C(=O)NCC1(COC)CCNCC1. The third kappa shape index (κ3) is 5.10. The third-order valence-electron chi connectivity index (χ3n) is 4.39. The van der Waals surface area contributed by atoms with Crippen LogP contribution in [0.4, 0.5) is 0 Å². The third-order valence-corrected chi connectivity index (χ3v) is 4.62. The van der Waals surface area contributed by atoms with Crippen molar-refractivity contribution < 1.29 is 14.3 Å². The lowest BCUT2D eigenvalue weighted by atomic mass is 9.79. The van der Waals surface area contributed by atoms with Crippen molar-refractivity contribution in [1.82, 2.24) is 10.6 Å². The molecule has 0 atom stereocenters. The Balaban J connectivity index is 2.06. The number of nitrogens with one attached hydrogen (secondary N) is 2. The summed E-state index contributed by atoms with van der Waals surface area (Å²) in [4.78, 5) is 12.7. The van der Waals surface area contributed by atoms with E-state index < -0.39 is 0 Å². The number of piperidine rings is 1. The van der Waals surface area contributed by atoms with E-state index in [0.29, 0.717) is 36.1 Å². The Morgan fingerprint density at radius 2 is 2.12 bits per heavy atom. The molecule has 0 radical (unpaired) electrons. The second-order valence-electron chi connectivity index (χ2n) is 6.35. The molecule has 2 N–H and O–H groups in total. The van der Waals surface area contributed by atoms with Crippen molar-refractivity contribution in [2.24, 2.45) is 5.41 Å². The van der Waals surface area contributed by atoms with E-state index in [1.165, 1.54) is 0 Å². The van der Waals surface area contributed by atoms with Crippen LogP contribution in [0.3, 0.4) is 0 Å². The molecule has 0 unspecified atom stereocenters. The van der Waals surface area contributed by atoms with Crippen LogP contribution in [0.2, 0.25) is 5.02 Å². The van der Waals surface area contributed by atoms with Crippen LogP contribution in [-0.2, 0) is 4.74 Å². The minimum atomic E-state index is -0.155. The first-order valence-electron chi connectivity index (χ1n) is 8.50. The van der Waals surface area contributed by atoms with Crippen molar-refractivity contribution >= 4 is 17.5 Å². The van der Waals surface area contributed by atoms with Gasteiger partial charge in [0.1, 0.15) is 5.75 Å². The van der Waals surface area contributed by atoms with Gasteiger partial charge < -0.3 is 20.1 Å². The van der Waals surface area contributed by atoms with Gasteiger partial charge in [0.15, 0.2) is 0 Å². The molecule has 134 valence electrons. The van der Waals surface area contributed by atoms with Crippen LogP contribution in [0.25, 0.3) is 0 Å². The Bertz CT molecular complexity index is 540. The smallest absolute Gasteiger partial charge is 0.255 e. The van der Waals surface area contributed by atoms with E-state index in [0.717, 1.165) is 32.4 Å². The Hall–Kier alpha value is -1.30. The van der Waals surface area contributed by atoms with Gasteiger partial charge in [-0.15, -0.1) is 0 Å². The fraction of sp³-hybridized carbons (Fsp3) is 0.611. The lowest BCUT2D eigenvalue weighted by Crippen LogP contribution is -2.47. The topological polar surface area (TPSA) is 59.6 Å². The van der Waals surface area contributed by atoms with E-state index in [9.17, 15) is 4.79 Å². The number of ether oxygens (including phenoxy) is 2. The Kier molecular flexibility index (Phi) is 7.34. The Morgan fingerprint density at radius 1 is 1.38 bits per heavy atom. The summed E-state index contributed by atoms with van der Waals surface area (Å²) < 4.78 is 11.1. The van der Waals surface area contributed by atoms with Crippen LogP contribution in [0, 0.1) is 5.41 Å². The molecular weight excluding hydrogens is 328 g/mol. The molecule has 1 amide bonds.